The van der Waals surface area contributed by atoms with Gasteiger partial charge in [0.15, 0.2) is 0 Å². The van der Waals surface area contributed by atoms with E-state index in [-0.39, 0.29) is 16.8 Å². The van der Waals surface area contributed by atoms with Gasteiger partial charge in [-0.05, 0) is 35.9 Å². The van der Waals surface area contributed by atoms with Crippen LogP contribution in [0.15, 0.2) is 47.5 Å². The summed E-state index contributed by atoms with van der Waals surface area (Å²) in [5.74, 6) is 0. The molecule has 0 aliphatic heterocycles. The fourth-order valence-electron chi connectivity index (χ4n) is 1.95. The maximum atomic E-state index is 12.8. The average molecular weight is 331 g/mol. The fraction of sp³-hybridized carbons (Fsp3) is 0.133. The van der Waals surface area contributed by atoms with Crippen LogP contribution in [0.5, 0.6) is 0 Å². The molecule has 2 rings (SSSR count). The third-order valence-corrected chi connectivity index (χ3v) is 2.99. The van der Waals surface area contributed by atoms with E-state index in [0.717, 1.165) is 18.2 Å². The van der Waals surface area contributed by atoms with Crippen LogP contribution in [0.2, 0.25) is 0 Å². The van der Waals surface area contributed by atoms with E-state index >= 15 is 0 Å². The summed E-state index contributed by atoms with van der Waals surface area (Å²) in [6, 6.07) is 5.99. The Kier molecular flexibility index (Phi) is 4.29. The van der Waals surface area contributed by atoms with E-state index in [2.05, 4.69) is 4.99 Å². The third kappa shape index (κ3) is 3.78. The van der Waals surface area contributed by atoms with Gasteiger partial charge in [-0.25, -0.2) is 4.79 Å². The molecular weight excluding hydrogens is 324 g/mol. The summed E-state index contributed by atoms with van der Waals surface area (Å²) < 4.78 is 76.6. The van der Waals surface area contributed by atoms with Crippen molar-refractivity contribution in [1.29, 1.82) is 0 Å². The minimum atomic E-state index is -4.68. The molecule has 0 saturated heterocycles. The molecule has 0 heterocycles. The van der Waals surface area contributed by atoms with Crippen LogP contribution in [-0.2, 0) is 17.1 Å². The van der Waals surface area contributed by atoms with Gasteiger partial charge in [-0.1, -0.05) is 12.1 Å². The van der Waals surface area contributed by atoms with Crippen molar-refractivity contribution < 1.29 is 31.1 Å². The highest BCUT2D eigenvalue weighted by Crippen LogP contribution is 2.39. The van der Waals surface area contributed by atoms with Crippen molar-refractivity contribution in [2.24, 2.45) is 4.99 Å². The molecule has 2 nitrogen and oxygen atoms in total. The molecular formula is C15H7F6NO. The second-order valence-corrected chi connectivity index (χ2v) is 4.51. The van der Waals surface area contributed by atoms with Crippen LogP contribution < -0.4 is 0 Å². The number of benzene rings is 2. The first kappa shape index (κ1) is 16.8. The topological polar surface area (TPSA) is 29.4 Å². The van der Waals surface area contributed by atoms with Crippen LogP contribution in [0.25, 0.3) is 11.1 Å². The number of hydrogen-bond donors (Lipinski definition) is 0. The van der Waals surface area contributed by atoms with Crippen LogP contribution >= 0.6 is 0 Å². The van der Waals surface area contributed by atoms with Gasteiger partial charge in [-0.3, -0.25) is 0 Å². The summed E-state index contributed by atoms with van der Waals surface area (Å²) in [5.41, 5.74) is -2.66. The normalized spacial score (nSPS) is 11.9. The molecule has 120 valence electrons. The monoisotopic (exact) mass is 331 g/mol. The maximum Gasteiger partial charge on any atom is 0.416 e. The van der Waals surface area contributed by atoms with Gasteiger partial charge in [0.2, 0.25) is 6.08 Å². The van der Waals surface area contributed by atoms with E-state index in [1.807, 2.05) is 0 Å². The van der Waals surface area contributed by atoms with Crippen LogP contribution in [0, 0.1) is 0 Å². The molecule has 0 fully saturated rings. The maximum absolute atomic E-state index is 12.8. The third-order valence-electron chi connectivity index (χ3n) is 2.99. The zero-order chi connectivity index (χ0) is 17.3. The first-order valence-corrected chi connectivity index (χ1v) is 6.09. The molecule has 23 heavy (non-hydrogen) atoms. The van der Waals surface area contributed by atoms with Crippen LogP contribution in [0.4, 0.5) is 32.0 Å². The summed E-state index contributed by atoms with van der Waals surface area (Å²) in [4.78, 5) is 13.6. The summed E-state index contributed by atoms with van der Waals surface area (Å²) in [6.45, 7) is 0. The second kappa shape index (κ2) is 5.89. The van der Waals surface area contributed by atoms with Crippen LogP contribution in [0.1, 0.15) is 11.1 Å². The standard InChI is InChI=1S/C15H7F6NO/c16-14(17,18)10-3-1-2-9(6-10)12-7-11(15(19,20)21)4-5-13(12)22-8-23/h1-7H. The summed E-state index contributed by atoms with van der Waals surface area (Å²) in [6.07, 6.45) is -8.16. The fourth-order valence-corrected chi connectivity index (χ4v) is 1.95. The molecule has 0 aromatic heterocycles. The number of nitrogens with zero attached hydrogens (tertiary/aromatic N) is 1. The van der Waals surface area contributed by atoms with Gasteiger partial charge >= 0.3 is 12.4 Å². The number of carbonyl (C=O) groups excluding carboxylic acids is 1. The molecule has 0 radical (unpaired) electrons. The van der Waals surface area contributed by atoms with Crippen LogP contribution in [0.3, 0.4) is 0 Å². The second-order valence-electron chi connectivity index (χ2n) is 4.51. The van der Waals surface area contributed by atoms with Crippen molar-refractivity contribution in [3.8, 4) is 11.1 Å². The molecule has 0 saturated carbocycles. The van der Waals surface area contributed by atoms with Gasteiger partial charge in [0.1, 0.15) is 0 Å². The molecule has 2 aromatic rings. The molecule has 0 amide bonds. The molecule has 0 bridgehead atoms. The highest BCUT2D eigenvalue weighted by Gasteiger charge is 2.32. The molecule has 0 spiro atoms. The Morgan fingerprint density at radius 1 is 0.826 bits per heavy atom. The summed E-state index contributed by atoms with van der Waals surface area (Å²) in [5, 5.41) is 0. The average Bonchev–Trinajstić information content (AvgIpc) is 2.46. The van der Waals surface area contributed by atoms with Gasteiger partial charge in [-0.15, -0.1) is 0 Å². The quantitative estimate of drug-likeness (QED) is 0.414. The zero-order valence-electron chi connectivity index (χ0n) is 11.2. The van der Waals surface area contributed by atoms with Crippen molar-refractivity contribution in [3.05, 3.63) is 53.6 Å². The van der Waals surface area contributed by atoms with E-state index in [4.69, 9.17) is 0 Å². The lowest BCUT2D eigenvalue weighted by atomic mass is 9.99. The number of isocyanates is 1. The van der Waals surface area contributed by atoms with E-state index in [9.17, 15) is 31.1 Å². The van der Waals surface area contributed by atoms with E-state index < -0.39 is 23.5 Å². The summed E-state index contributed by atoms with van der Waals surface area (Å²) >= 11 is 0. The number of aliphatic imine (C=N–C) groups is 1. The minimum Gasteiger partial charge on any atom is -0.211 e. The van der Waals surface area contributed by atoms with Crippen molar-refractivity contribution in [2.45, 2.75) is 12.4 Å². The van der Waals surface area contributed by atoms with Crippen molar-refractivity contribution in [3.63, 3.8) is 0 Å². The smallest absolute Gasteiger partial charge is 0.211 e. The number of hydrogen-bond acceptors (Lipinski definition) is 2. The lowest BCUT2D eigenvalue weighted by Gasteiger charge is -2.13. The first-order chi connectivity index (χ1) is 10.6. The lowest BCUT2D eigenvalue weighted by molar-refractivity contribution is -0.138. The Bertz CT molecular complexity index is 772. The molecule has 0 unspecified atom stereocenters. The Labute approximate surface area is 126 Å². The van der Waals surface area contributed by atoms with Crippen molar-refractivity contribution in [2.75, 3.05) is 0 Å². The lowest BCUT2D eigenvalue weighted by Crippen LogP contribution is -2.06. The van der Waals surface area contributed by atoms with E-state index in [1.54, 1.807) is 0 Å². The molecule has 0 atom stereocenters. The predicted octanol–water partition coefficient (Wildman–Crippen LogP) is 5.36. The summed E-state index contributed by atoms with van der Waals surface area (Å²) in [7, 11) is 0. The number of halogens is 6. The van der Waals surface area contributed by atoms with Gasteiger partial charge < -0.3 is 0 Å². The highest BCUT2D eigenvalue weighted by molar-refractivity contribution is 5.78. The van der Waals surface area contributed by atoms with Gasteiger partial charge in [0, 0.05) is 5.56 Å². The SMILES string of the molecule is O=C=Nc1ccc(C(F)(F)F)cc1-c1cccc(C(F)(F)F)c1. The molecule has 0 aliphatic rings. The minimum absolute atomic E-state index is 0.139. The van der Waals surface area contributed by atoms with Gasteiger partial charge in [-0.2, -0.15) is 31.3 Å². The van der Waals surface area contributed by atoms with E-state index in [1.165, 1.54) is 12.1 Å². The van der Waals surface area contributed by atoms with E-state index in [0.29, 0.717) is 18.2 Å². The Hall–Kier alpha value is -2.60. The van der Waals surface area contributed by atoms with Crippen molar-refractivity contribution >= 4 is 11.8 Å². The van der Waals surface area contributed by atoms with Gasteiger partial charge in [0.25, 0.3) is 0 Å². The molecule has 0 aliphatic carbocycles. The molecule has 0 N–H and O–H groups in total. The molecule has 8 heteroatoms. The zero-order valence-corrected chi connectivity index (χ0v) is 11.2. The van der Waals surface area contributed by atoms with Crippen LogP contribution in [-0.4, -0.2) is 6.08 Å². The first-order valence-electron chi connectivity index (χ1n) is 6.09. The molecule has 2 aromatic carbocycles. The predicted molar refractivity (Wildman–Crippen MR) is 69.7 cm³/mol. The Balaban J connectivity index is 2.67. The van der Waals surface area contributed by atoms with Gasteiger partial charge in [0.05, 0.1) is 16.8 Å². The highest BCUT2D eigenvalue weighted by atomic mass is 19.4. The Morgan fingerprint density at radius 3 is 2.00 bits per heavy atom. The van der Waals surface area contributed by atoms with Crippen molar-refractivity contribution in [1.82, 2.24) is 0 Å². The number of alkyl halides is 6. The largest absolute Gasteiger partial charge is 0.416 e. The number of rotatable bonds is 2. The Morgan fingerprint density at radius 2 is 1.43 bits per heavy atom.